The van der Waals surface area contributed by atoms with Gasteiger partial charge in [0.25, 0.3) is 6.02 Å². The van der Waals surface area contributed by atoms with E-state index in [0.29, 0.717) is 39.5 Å². The van der Waals surface area contributed by atoms with E-state index in [4.69, 9.17) is 27.6 Å². The maximum atomic E-state index is 14.3. The van der Waals surface area contributed by atoms with Crippen molar-refractivity contribution in [2.75, 3.05) is 5.32 Å². The van der Waals surface area contributed by atoms with Crippen LogP contribution in [0.2, 0.25) is 5.02 Å². The molecule has 5 N–H and O–H groups in total. The Morgan fingerprint density at radius 3 is 2.96 bits per heavy atom. The molecule has 0 amide bonds. The summed E-state index contributed by atoms with van der Waals surface area (Å²) in [5, 5.41) is 10.7. The molecule has 0 aliphatic heterocycles. The van der Waals surface area contributed by atoms with E-state index in [1.165, 1.54) is 18.6 Å². The van der Waals surface area contributed by atoms with Gasteiger partial charge in [-0.1, -0.05) is 11.6 Å². The smallest absolute Gasteiger partial charge is 0.299 e. The number of nitrogens with two attached hydrogens (primary N) is 1. The average Bonchev–Trinajstić information content (AvgIpc) is 3.41. The number of fused-ring (bicyclic) bond motifs is 1. The zero-order valence-corrected chi connectivity index (χ0v) is 14.7. The van der Waals surface area contributed by atoms with Crippen LogP contribution >= 0.6 is 11.6 Å². The van der Waals surface area contributed by atoms with Gasteiger partial charge in [-0.15, -0.1) is 5.48 Å². The van der Waals surface area contributed by atoms with Gasteiger partial charge < -0.3 is 15.9 Å². The second-order valence-corrected chi connectivity index (χ2v) is 6.57. The van der Waals surface area contributed by atoms with Crippen molar-refractivity contribution < 1.29 is 9.23 Å². The molecule has 2 atom stereocenters. The number of benzene rings is 1. The van der Waals surface area contributed by atoms with E-state index >= 15 is 0 Å². The van der Waals surface area contributed by atoms with Gasteiger partial charge in [-0.05, 0) is 36.2 Å². The van der Waals surface area contributed by atoms with Gasteiger partial charge in [0.1, 0.15) is 17.7 Å². The second kappa shape index (κ2) is 6.93. The van der Waals surface area contributed by atoms with Gasteiger partial charge in [0, 0.05) is 17.8 Å². The molecule has 1 aliphatic rings. The molecule has 0 spiro atoms. The lowest BCUT2D eigenvalue weighted by Crippen LogP contribution is -2.27. The minimum absolute atomic E-state index is 0.0647. The Labute approximate surface area is 158 Å². The third-order valence-electron chi connectivity index (χ3n) is 4.21. The van der Waals surface area contributed by atoms with Crippen LogP contribution in [0.15, 0.2) is 36.8 Å². The summed E-state index contributed by atoms with van der Waals surface area (Å²) >= 11 is 5.95. The number of anilines is 2. The van der Waals surface area contributed by atoms with Crippen LogP contribution in [0, 0.1) is 11.2 Å². The zero-order valence-electron chi connectivity index (χ0n) is 13.9. The van der Waals surface area contributed by atoms with Gasteiger partial charge in [-0.25, -0.2) is 19.3 Å². The quantitative estimate of drug-likeness (QED) is 0.301. The van der Waals surface area contributed by atoms with Crippen LogP contribution in [-0.2, 0) is 4.84 Å². The molecule has 138 valence electrons. The van der Waals surface area contributed by atoms with Crippen molar-refractivity contribution in [1.82, 2.24) is 20.4 Å². The van der Waals surface area contributed by atoms with E-state index in [2.05, 4.69) is 25.7 Å². The largest absolute Gasteiger partial charge is 0.371 e. The number of pyridine rings is 1. The van der Waals surface area contributed by atoms with E-state index in [1.54, 1.807) is 18.2 Å². The lowest BCUT2D eigenvalue weighted by molar-refractivity contribution is 0.167. The predicted octanol–water partition coefficient (Wildman–Crippen LogP) is 2.83. The molecule has 27 heavy (non-hydrogen) atoms. The average molecular weight is 388 g/mol. The number of hydroxylamine groups is 1. The maximum Gasteiger partial charge on any atom is 0.299 e. The number of nitrogens with one attached hydrogen (secondary N) is 3. The molecule has 0 unspecified atom stereocenters. The number of hydrogen-bond donors (Lipinski definition) is 4. The van der Waals surface area contributed by atoms with Crippen molar-refractivity contribution >= 4 is 40.2 Å². The Morgan fingerprint density at radius 1 is 1.30 bits per heavy atom. The highest BCUT2D eigenvalue weighted by Gasteiger charge is 2.41. The fourth-order valence-corrected chi connectivity index (χ4v) is 3.01. The minimum Gasteiger partial charge on any atom is -0.371 e. The van der Waals surface area contributed by atoms with Crippen molar-refractivity contribution in [3.63, 3.8) is 0 Å². The summed E-state index contributed by atoms with van der Waals surface area (Å²) in [6, 6.07) is 5.91. The molecule has 1 fully saturated rings. The van der Waals surface area contributed by atoms with Crippen LogP contribution in [-0.4, -0.2) is 27.0 Å². The Bertz CT molecular complexity index is 1030. The molecule has 8 nitrogen and oxygen atoms in total. The summed E-state index contributed by atoms with van der Waals surface area (Å²) in [6.45, 7) is 0. The highest BCUT2D eigenvalue weighted by Crippen LogP contribution is 2.43. The van der Waals surface area contributed by atoms with E-state index in [9.17, 15) is 4.39 Å². The molecule has 3 aromatic rings. The number of rotatable bonds is 5. The summed E-state index contributed by atoms with van der Waals surface area (Å²) in [5.41, 5.74) is 10.2. The first kappa shape index (κ1) is 17.4. The summed E-state index contributed by atoms with van der Waals surface area (Å²) in [5.74, 6) is 0.125. The van der Waals surface area contributed by atoms with E-state index < -0.39 is 6.02 Å². The Morgan fingerprint density at radius 2 is 2.15 bits per heavy atom. The zero-order chi connectivity index (χ0) is 19.0. The monoisotopic (exact) mass is 387 g/mol. The number of nitrogens with zero attached hydrogens (tertiary/aromatic N) is 3. The van der Waals surface area contributed by atoms with Crippen molar-refractivity contribution in [3.05, 3.63) is 53.2 Å². The summed E-state index contributed by atoms with van der Waals surface area (Å²) in [6.07, 6.45) is 3.61. The van der Waals surface area contributed by atoms with Crippen LogP contribution < -0.4 is 16.5 Å². The van der Waals surface area contributed by atoms with Crippen LogP contribution in [0.3, 0.4) is 0 Å². The summed E-state index contributed by atoms with van der Waals surface area (Å²) in [4.78, 5) is 17.4. The maximum absolute atomic E-state index is 14.3. The summed E-state index contributed by atoms with van der Waals surface area (Å²) in [7, 11) is 0. The van der Waals surface area contributed by atoms with Crippen molar-refractivity contribution in [2.24, 2.45) is 5.73 Å². The summed E-state index contributed by atoms with van der Waals surface area (Å²) < 4.78 is 14.3. The van der Waals surface area contributed by atoms with Gasteiger partial charge >= 0.3 is 0 Å². The first-order chi connectivity index (χ1) is 13.0. The molecule has 1 aromatic carbocycles. The highest BCUT2D eigenvalue weighted by atomic mass is 35.5. The minimum atomic E-state index is -0.431. The van der Waals surface area contributed by atoms with Crippen molar-refractivity contribution in [3.8, 4) is 0 Å². The van der Waals surface area contributed by atoms with E-state index in [-0.39, 0.29) is 17.8 Å². The second-order valence-electron chi connectivity index (χ2n) is 6.14. The van der Waals surface area contributed by atoms with Gasteiger partial charge in [-0.2, -0.15) is 0 Å². The number of aromatic nitrogens is 3. The number of hydrogen-bond acceptors (Lipinski definition) is 7. The first-order valence-corrected chi connectivity index (χ1v) is 8.48. The van der Waals surface area contributed by atoms with Crippen molar-refractivity contribution in [2.45, 2.75) is 18.4 Å². The topological polar surface area (TPSA) is 122 Å². The van der Waals surface area contributed by atoms with Gasteiger partial charge in [-0.3, -0.25) is 5.41 Å². The van der Waals surface area contributed by atoms with Gasteiger partial charge in [0.05, 0.1) is 16.6 Å². The van der Waals surface area contributed by atoms with E-state index in [0.717, 1.165) is 0 Å². The predicted molar refractivity (Wildman–Crippen MR) is 99.3 cm³/mol. The Balaban J connectivity index is 1.57. The van der Waals surface area contributed by atoms with Gasteiger partial charge in [0.15, 0.2) is 5.82 Å². The standard InChI is InChI=1S/C17H15ClFN7O/c18-8-3-14-15(22-6-8)16(24-7-23-14)25-9-1-2-12(19)10(4-9)11-5-13(11)26-27-17(20)21/h1-4,6-7,11,13,26H,5H2,(H3,20,21)(H,23,24,25)/t11-,13-/m1/s1. The SMILES string of the molecule is N=C(N)ON[C@@H]1C[C@@H]1c1cc(Nc2ncnc3cc(Cl)cnc23)ccc1F. The fourth-order valence-electron chi connectivity index (χ4n) is 2.86. The molecular formula is C17H15ClFN7O. The van der Waals surface area contributed by atoms with Crippen LogP contribution in [0.1, 0.15) is 17.9 Å². The normalized spacial score (nSPS) is 18.3. The van der Waals surface area contributed by atoms with E-state index in [1.807, 2.05) is 0 Å². The molecule has 0 bridgehead atoms. The molecule has 1 saturated carbocycles. The Hall–Kier alpha value is -3.04. The molecule has 1 aliphatic carbocycles. The molecule has 0 saturated heterocycles. The highest BCUT2D eigenvalue weighted by molar-refractivity contribution is 6.31. The lowest BCUT2D eigenvalue weighted by Gasteiger charge is -2.10. The van der Waals surface area contributed by atoms with Crippen LogP contribution in [0.5, 0.6) is 0 Å². The van der Waals surface area contributed by atoms with Crippen LogP contribution in [0.25, 0.3) is 11.0 Å². The molecule has 4 rings (SSSR count). The molecular weight excluding hydrogens is 373 g/mol. The Kier molecular flexibility index (Phi) is 4.46. The number of halogens is 2. The fraction of sp³-hybridized carbons (Fsp3) is 0.176. The third-order valence-corrected chi connectivity index (χ3v) is 4.42. The molecule has 2 aromatic heterocycles. The molecule has 10 heteroatoms. The van der Waals surface area contributed by atoms with Gasteiger partial charge in [0.2, 0.25) is 0 Å². The van der Waals surface area contributed by atoms with Crippen LogP contribution in [0.4, 0.5) is 15.9 Å². The number of amidine groups is 1. The first-order valence-electron chi connectivity index (χ1n) is 8.10. The molecule has 2 heterocycles. The lowest BCUT2D eigenvalue weighted by atomic mass is 10.1. The third kappa shape index (κ3) is 3.74. The molecule has 0 radical (unpaired) electrons. The van der Waals surface area contributed by atoms with Crippen molar-refractivity contribution in [1.29, 1.82) is 5.41 Å².